The Balaban J connectivity index is 1.70. The third kappa shape index (κ3) is 4.08. The van der Waals surface area contributed by atoms with E-state index in [4.69, 9.17) is 0 Å². The average Bonchev–Trinajstić information content (AvgIpc) is 3.06. The first-order valence-electron chi connectivity index (χ1n) is 9.92. The van der Waals surface area contributed by atoms with E-state index in [1.165, 1.54) is 0 Å². The number of para-hydroxylation sites is 2. The number of hydrogen-bond donors (Lipinski definition) is 1. The van der Waals surface area contributed by atoms with Crippen LogP contribution in [-0.2, 0) is 5.60 Å². The molecule has 3 aromatic carbocycles. The zero-order chi connectivity index (χ0) is 20.1. The molecule has 0 saturated carbocycles. The average molecular weight is 380 g/mol. The Labute approximate surface area is 172 Å². The van der Waals surface area contributed by atoms with Crippen molar-refractivity contribution in [2.24, 2.45) is 0 Å². The fourth-order valence-corrected chi connectivity index (χ4v) is 3.66. The molecule has 1 atom stereocenters. The van der Waals surface area contributed by atoms with Crippen LogP contribution in [0.25, 0.3) is 0 Å². The van der Waals surface area contributed by atoms with E-state index in [0.29, 0.717) is 0 Å². The van der Waals surface area contributed by atoms with Gasteiger partial charge < -0.3 is 10.0 Å². The lowest BCUT2D eigenvalue weighted by Gasteiger charge is -2.29. The number of anilines is 3. The topological polar surface area (TPSA) is 23.5 Å². The monoisotopic (exact) mass is 379 g/mol. The van der Waals surface area contributed by atoms with Crippen LogP contribution in [0.4, 0.5) is 17.1 Å². The molecule has 0 spiro atoms. The zero-order valence-electron chi connectivity index (χ0n) is 16.6. The SMILES string of the molecule is CC(O)(C1=CC=CC=CC1)c1ccc(N(c2ccccc2)c2ccccc2)cc1. The Bertz CT molecular complexity index is 989. The van der Waals surface area contributed by atoms with Crippen LogP contribution in [-0.4, -0.2) is 5.11 Å². The van der Waals surface area contributed by atoms with Crippen LogP contribution in [0.2, 0.25) is 0 Å². The molecule has 0 aromatic heterocycles. The summed E-state index contributed by atoms with van der Waals surface area (Å²) in [7, 11) is 0. The molecule has 1 aliphatic carbocycles. The predicted molar refractivity (Wildman–Crippen MR) is 122 cm³/mol. The van der Waals surface area contributed by atoms with Gasteiger partial charge in [-0.3, -0.25) is 0 Å². The second-order valence-corrected chi connectivity index (χ2v) is 7.33. The van der Waals surface area contributed by atoms with Crippen LogP contribution >= 0.6 is 0 Å². The molecule has 2 nitrogen and oxygen atoms in total. The number of rotatable bonds is 5. The third-order valence-corrected chi connectivity index (χ3v) is 5.34. The maximum absolute atomic E-state index is 11.2. The molecule has 1 N–H and O–H groups in total. The molecular formula is C27H25NO. The summed E-state index contributed by atoms with van der Waals surface area (Å²) in [6.45, 7) is 1.87. The first kappa shape index (κ1) is 19.0. The maximum Gasteiger partial charge on any atom is 0.108 e. The Hall–Kier alpha value is -3.36. The Morgan fingerprint density at radius 2 is 1.24 bits per heavy atom. The molecule has 0 aliphatic heterocycles. The minimum atomic E-state index is -1.01. The molecule has 3 aromatic rings. The summed E-state index contributed by atoms with van der Waals surface area (Å²) in [6.07, 6.45) is 10.8. The van der Waals surface area contributed by atoms with E-state index in [2.05, 4.69) is 47.4 Å². The molecule has 29 heavy (non-hydrogen) atoms. The number of benzene rings is 3. The molecule has 0 saturated heterocycles. The van der Waals surface area contributed by atoms with Crippen molar-refractivity contribution in [1.29, 1.82) is 0 Å². The highest BCUT2D eigenvalue weighted by atomic mass is 16.3. The van der Waals surface area contributed by atoms with Gasteiger partial charge in [-0.05, 0) is 60.9 Å². The van der Waals surface area contributed by atoms with E-state index < -0.39 is 5.60 Å². The van der Waals surface area contributed by atoms with Gasteiger partial charge in [0.2, 0.25) is 0 Å². The fraction of sp³-hybridized carbons (Fsp3) is 0.111. The van der Waals surface area contributed by atoms with Gasteiger partial charge in [-0.1, -0.05) is 78.9 Å². The van der Waals surface area contributed by atoms with Crippen LogP contribution in [0.5, 0.6) is 0 Å². The Morgan fingerprint density at radius 3 is 1.83 bits per heavy atom. The van der Waals surface area contributed by atoms with Crippen LogP contribution in [0.15, 0.2) is 121 Å². The Morgan fingerprint density at radius 1 is 0.690 bits per heavy atom. The van der Waals surface area contributed by atoms with Crippen LogP contribution in [0, 0.1) is 0 Å². The quantitative estimate of drug-likeness (QED) is 0.526. The highest BCUT2D eigenvalue weighted by molar-refractivity contribution is 5.76. The van der Waals surface area contributed by atoms with Gasteiger partial charge in [0, 0.05) is 17.1 Å². The van der Waals surface area contributed by atoms with Gasteiger partial charge in [0.15, 0.2) is 0 Å². The van der Waals surface area contributed by atoms with Crippen molar-refractivity contribution in [3.8, 4) is 0 Å². The first-order chi connectivity index (χ1) is 14.2. The van der Waals surface area contributed by atoms with Gasteiger partial charge in [-0.25, -0.2) is 0 Å². The van der Waals surface area contributed by atoms with Crippen molar-refractivity contribution in [2.75, 3.05) is 4.90 Å². The summed E-state index contributed by atoms with van der Waals surface area (Å²) in [5, 5.41) is 11.2. The smallest absolute Gasteiger partial charge is 0.108 e. The number of hydrogen-bond acceptors (Lipinski definition) is 2. The third-order valence-electron chi connectivity index (χ3n) is 5.34. The lowest BCUT2D eigenvalue weighted by Crippen LogP contribution is -2.24. The summed E-state index contributed by atoms with van der Waals surface area (Å²) in [5.74, 6) is 0. The summed E-state index contributed by atoms with van der Waals surface area (Å²) in [5.41, 5.74) is 4.11. The van der Waals surface area contributed by atoms with Crippen molar-refractivity contribution >= 4 is 17.1 Å². The number of allylic oxidation sites excluding steroid dienone is 5. The summed E-state index contributed by atoms with van der Waals surface area (Å²) < 4.78 is 0. The molecule has 0 amide bonds. The Kier molecular flexibility index (Phi) is 5.46. The minimum Gasteiger partial charge on any atom is -0.381 e. The molecule has 0 heterocycles. The number of nitrogens with zero attached hydrogens (tertiary/aromatic N) is 1. The van der Waals surface area contributed by atoms with Crippen molar-refractivity contribution in [3.05, 3.63) is 126 Å². The van der Waals surface area contributed by atoms with Gasteiger partial charge in [0.1, 0.15) is 5.60 Å². The number of aliphatic hydroxyl groups is 1. The second kappa shape index (κ2) is 8.34. The second-order valence-electron chi connectivity index (χ2n) is 7.33. The van der Waals surface area contributed by atoms with E-state index in [1.54, 1.807) is 0 Å². The van der Waals surface area contributed by atoms with Gasteiger partial charge >= 0.3 is 0 Å². The first-order valence-corrected chi connectivity index (χ1v) is 9.92. The van der Waals surface area contributed by atoms with E-state index in [9.17, 15) is 5.11 Å². The van der Waals surface area contributed by atoms with Crippen molar-refractivity contribution in [1.82, 2.24) is 0 Å². The molecular weight excluding hydrogens is 354 g/mol. The van der Waals surface area contributed by atoms with Crippen molar-refractivity contribution in [3.63, 3.8) is 0 Å². The molecule has 0 fully saturated rings. The summed E-state index contributed by atoms with van der Waals surface area (Å²) in [4.78, 5) is 2.22. The van der Waals surface area contributed by atoms with Gasteiger partial charge in [-0.2, -0.15) is 0 Å². The summed E-state index contributed by atoms with van der Waals surface area (Å²) >= 11 is 0. The van der Waals surface area contributed by atoms with E-state index >= 15 is 0 Å². The standard InChI is InChI=1S/C27H25NO/c1-27(29,22-12-6-2-3-7-13-22)23-18-20-26(21-19-23)28(24-14-8-4-9-15-24)25-16-10-5-11-17-25/h2-12,14-21,29H,13H2,1H3. The predicted octanol–water partition coefficient (Wildman–Crippen LogP) is 6.81. The molecule has 0 radical (unpaired) electrons. The van der Waals surface area contributed by atoms with Crippen molar-refractivity contribution < 1.29 is 5.11 Å². The van der Waals surface area contributed by atoms with Crippen LogP contribution < -0.4 is 4.90 Å². The van der Waals surface area contributed by atoms with E-state index in [-0.39, 0.29) is 0 Å². The zero-order valence-corrected chi connectivity index (χ0v) is 16.6. The van der Waals surface area contributed by atoms with Crippen LogP contribution in [0.1, 0.15) is 18.9 Å². The highest BCUT2D eigenvalue weighted by Gasteiger charge is 2.27. The molecule has 4 rings (SSSR count). The maximum atomic E-state index is 11.2. The largest absolute Gasteiger partial charge is 0.381 e. The van der Waals surface area contributed by atoms with E-state index in [0.717, 1.165) is 34.6 Å². The van der Waals surface area contributed by atoms with E-state index in [1.807, 2.05) is 79.8 Å². The molecule has 0 bridgehead atoms. The highest BCUT2D eigenvalue weighted by Crippen LogP contribution is 2.37. The minimum absolute atomic E-state index is 0.738. The van der Waals surface area contributed by atoms with Crippen LogP contribution in [0.3, 0.4) is 0 Å². The lowest BCUT2D eigenvalue weighted by atomic mass is 9.85. The van der Waals surface area contributed by atoms with Crippen molar-refractivity contribution in [2.45, 2.75) is 18.9 Å². The molecule has 144 valence electrons. The molecule has 1 unspecified atom stereocenters. The lowest BCUT2D eigenvalue weighted by molar-refractivity contribution is 0.0953. The molecule has 1 aliphatic rings. The van der Waals surface area contributed by atoms with Gasteiger partial charge in [0.05, 0.1) is 0 Å². The van der Waals surface area contributed by atoms with Gasteiger partial charge in [-0.15, -0.1) is 0 Å². The normalized spacial score (nSPS) is 15.3. The fourth-order valence-electron chi connectivity index (χ4n) is 3.66. The summed E-state index contributed by atoms with van der Waals surface area (Å²) in [6, 6.07) is 28.8. The molecule has 2 heteroatoms. The van der Waals surface area contributed by atoms with Gasteiger partial charge in [0.25, 0.3) is 0 Å².